The number of carbonyl (C=O) groups is 1. The van der Waals surface area contributed by atoms with Crippen LogP contribution in [0.25, 0.3) is 0 Å². The predicted octanol–water partition coefficient (Wildman–Crippen LogP) is -0.881. The van der Waals surface area contributed by atoms with Crippen LogP contribution in [0.15, 0.2) is 12.2 Å². The molecular weight excluding hydrogens is 208 g/mol. The van der Waals surface area contributed by atoms with Crippen LogP contribution in [0.4, 0.5) is 0 Å². The normalized spacial score (nSPS) is 22.4. The summed E-state index contributed by atoms with van der Waals surface area (Å²) >= 11 is 0. The van der Waals surface area contributed by atoms with Crippen molar-refractivity contribution < 1.29 is 18.3 Å². The van der Waals surface area contributed by atoms with Crippen molar-refractivity contribution in [2.75, 3.05) is 26.7 Å². The second-order valence-electron chi connectivity index (χ2n) is 3.07. The molecule has 1 aliphatic rings. The Kier molecular flexibility index (Phi) is 2.93. The summed E-state index contributed by atoms with van der Waals surface area (Å²) in [4.78, 5) is 10.4. The van der Waals surface area contributed by atoms with Crippen molar-refractivity contribution in [3.05, 3.63) is 12.2 Å². The average Bonchev–Trinajstić information content (AvgIpc) is 2.31. The Balaban J connectivity index is 2.73. The van der Waals surface area contributed by atoms with Gasteiger partial charge in [-0.3, -0.25) is 0 Å². The van der Waals surface area contributed by atoms with Crippen LogP contribution < -0.4 is 0 Å². The topological polar surface area (TPSA) is 77.9 Å². The van der Waals surface area contributed by atoms with Gasteiger partial charge in [-0.2, -0.15) is 17.0 Å². The first-order chi connectivity index (χ1) is 6.35. The number of hydrogen-bond acceptors (Lipinski definition) is 3. The molecule has 0 atom stereocenters. The molecule has 0 radical (unpaired) electrons. The van der Waals surface area contributed by atoms with Gasteiger partial charge in [-0.05, 0) is 0 Å². The van der Waals surface area contributed by atoms with Gasteiger partial charge in [-0.1, -0.05) is 6.58 Å². The highest BCUT2D eigenvalue weighted by atomic mass is 32.2. The molecule has 1 N–H and O–H groups in total. The maximum Gasteiger partial charge on any atom is 0.332 e. The predicted molar refractivity (Wildman–Crippen MR) is 49.9 cm³/mol. The van der Waals surface area contributed by atoms with Crippen molar-refractivity contribution >= 4 is 16.2 Å². The lowest BCUT2D eigenvalue weighted by atomic mass is 10.3. The number of rotatable bonds is 3. The molecule has 1 saturated heterocycles. The third kappa shape index (κ3) is 1.94. The van der Waals surface area contributed by atoms with Gasteiger partial charge in [0.1, 0.15) is 0 Å². The quantitative estimate of drug-likeness (QED) is 0.626. The Hall–Kier alpha value is -0.920. The van der Waals surface area contributed by atoms with Crippen molar-refractivity contribution in [3.8, 4) is 0 Å². The summed E-state index contributed by atoms with van der Waals surface area (Å²) in [5.41, 5.74) is -0.121. The van der Waals surface area contributed by atoms with Crippen molar-refractivity contribution in [3.63, 3.8) is 0 Å². The standard InChI is InChI=1S/C7H12N2O4S/c1-6(7(10)11)5-9-4-3-8(2)14(9,12)13/h1,3-5H2,2H3,(H,10,11). The van der Waals surface area contributed by atoms with Crippen LogP contribution in [0.1, 0.15) is 0 Å². The summed E-state index contributed by atoms with van der Waals surface area (Å²) in [5.74, 6) is -1.17. The molecule has 0 aromatic heterocycles. The van der Waals surface area contributed by atoms with Gasteiger partial charge in [-0.15, -0.1) is 0 Å². The number of carboxylic acids is 1. The molecule has 0 aromatic carbocycles. The third-order valence-corrected chi connectivity index (χ3v) is 3.99. The minimum atomic E-state index is -3.45. The van der Waals surface area contributed by atoms with E-state index >= 15 is 0 Å². The smallest absolute Gasteiger partial charge is 0.332 e. The number of hydrogen-bond donors (Lipinski definition) is 1. The number of aliphatic carboxylic acids is 1. The lowest BCUT2D eigenvalue weighted by Gasteiger charge is -2.15. The maximum atomic E-state index is 11.5. The van der Waals surface area contributed by atoms with E-state index in [9.17, 15) is 13.2 Å². The number of likely N-dealkylation sites (N-methyl/N-ethyl adjacent to an activating group) is 1. The molecule has 1 fully saturated rings. The van der Waals surface area contributed by atoms with E-state index in [4.69, 9.17) is 5.11 Å². The molecule has 0 unspecified atom stereocenters. The highest BCUT2D eigenvalue weighted by Gasteiger charge is 2.34. The number of carboxylic acid groups (broad SMARTS) is 1. The van der Waals surface area contributed by atoms with Crippen LogP contribution >= 0.6 is 0 Å². The SMILES string of the molecule is C=C(CN1CCN(C)S1(=O)=O)C(=O)O. The first-order valence-corrected chi connectivity index (χ1v) is 5.38. The monoisotopic (exact) mass is 220 g/mol. The zero-order valence-corrected chi connectivity index (χ0v) is 8.62. The van der Waals surface area contributed by atoms with Crippen LogP contribution in [-0.2, 0) is 15.0 Å². The second kappa shape index (κ2) is 3.68. The van der Waals surface area contributed by atoms with E-state index in [2.05, 4.69) is 6.58 Å². The molecule has 0 aromatic rings. The van der Waals surface area contributed by atoms with Crippen LogP contribution in [0, 0.1) is 0 Å². The lowest BCUT2D eigenvalue weighted by Crippen LogP contribution is -2.33. The highest BCUT2D eigenvalue weighted by Crippen LogP contribution is 2.15. The molecule has 0 saturated carbocycles. The van der Waals surface area contributed by atoms with Gasteiger partial charge in [0, 0.05) is 32.3 Å². The van der Waals surface area contributed by atoms with E-state index in [0.29, 0.717) is 13.1 Å². The summed E-state index contributed by atoms with van der Waals surface area (Å²) in [6.07, 6.45) is 0. The minimum absolute atomic E-state index is 0.121. The van der Waals surface area contributed by atoms with Gasteiger partial charge in [-0.25, -0.2) is 4.79 Å². The van der Waals surface area contributed by atoms with E-state index < -0.39 is 16.2 Å². The van der Waals surface area contributed by atoms with E-state index in [0.717, 1.165) is 4.31 Å². The Morgan fingerprint density at radius 2 is 2.07 bits per heavy atom. The summed E-state index contributed by atoms with van der Waals surface area (Å²) in [5, 5.41) is 8.54. The van der Waals surface area contributed by atoms with E-state index in [1.807, 2.05) is 0 Å². The van der Waals surface area contributed by atoms with Crippen molar-refractivity contribution in [2.45, 2.75) is 0 Å². The summed E-state index contributed by atoms with van der Waals surface area (Å²) in [6.45, 7) is 3.83. The minimum Gasteiger partial charge on any atom is -0.478 e. The average molecular weight is 220 g/mol. The molecule has 0 spiro atoms. The molecule has 0 amide bonds. The van der Waals surface area contributed by atoms with Crippen LogP contribution in [-0.4, -0.2) is 54.8 Å². The Labute approximate surface area is 82.6 Å². The second-order valence-corrected chi connectivity index (χ2v) is 5.11. The van der Waals surface area contributed by atoms with Gasteiger partial charge in [0.15, 0.2) is 0 Å². The first-order valence-electron chi connectivity index (χ1n) is 3.98. The molecule has 0 aliphatic carbocycles. The van der Waals surface area contributed by atoms with Crippen LogP contribution in [0.5, 0.6) is 0 Å². The fourth-order valence-electron chi connectivity index (χ4n) is 1.12. The molecule has 80 valence electrons. The molecule has 1 aliphatic heterocycles. The molecule has 14 heavy (non-hydrogen) atoms. The van der Waals surface area contributed by atoms with Gasteiger partial charge >= 0.3 is 5.97 Å². The van der Waals surface area contributed by atoms with Crippen molar-refractivity contribution in [2.24, 2.45) is 0 Å². The summed E-state index contributed by atoms with van der Waals surface area (Å²) in [6, 6.07) is 0. The van der Waals surface area contributed by atoms with Crippen molar-refractivity contribution in [1.29, 1.82) is 0 Å². The van der Waals surface area contributed by atoms with Gasteiger partial charge in [0.05, 0.1) is 0 Å². The molecule has 1 rings (SSSR count). The Bertz CT molecular complexity index is 362. The Morgan fingerprint density at radius 3 is 2.43 bits per heavy atom. The fourth-order valence-corrected chi connectivity index (χ4v) is 2.46. The third-order valence-electron chi connectivity index (χ3n) is 2.05. The molecule has 7 heteroatoms. The Morgan fingerprint density at radius 1 is 1.50 bits per heavy atom. The molecule has 0 bridgehead atoms. The summed E-state index contributed by atoms with van der Waals surface area (Å²) < 4.78 is 25.2. The lowest BCUT2D eigenvalue weighted by molar-refractivity contribution is -0.132. The maximum absolute atomic E-state index is 11.5. The molecular formula is C7H12N2O4S. The highest BCUT2D eigenvalue weighted by molar-refractivity contribution is 7.87. The zero-order chi connectivity index (χ0) is 10.9. The van der Waals surface area contributed by atoms with Gasteiger partial charge < -0.3 is 5.11 Å². The van der Waals surface area contributed by atoms with Crippen molar-refractivity contribution in [1.82, 2.24) is 8.61 Å². The van der Waals surface area contributed by atoms with E-state index in [1.54, 1.807) is 0 Å². The van der Waals surface area contributed by atoms with Gasteiger partial charge in [0.25, 0.3) is 10.2 Å². The largest absolute Gasteiger partial charge is 0.478 e. The number of nitrogens with zero attached hydrogens (tertiary/aromatic N) is 2. The first kappa shape index (κ1) is 11.2. The van der Waals surface area contributed by atoms with E-state index in [-0.39, 0.29) is 12.1 Å². The van der Waals surface area contributed by atoms with E-state index in [1.165, 1.54) is 11.4 Å². The summed E-state index contributed by atoms with van der Waals surface area (Å²) in [7, 11) is -1.99. The zero-order valence-electron chi connectivity index (χ0n) is 7.80. The molecule has 6 nitrogen and oxygen atoms in total. The fraction of sp³-hybridized carbons (Fsp3) is 0.571. The van der Waals surface area contributed by atoms with Gasteiger partial charge in [0.2, 0.25) is 0 Å². The van der Waals surface area contributed by atoms with Crippen LogP contribution in [0.3, 0.4) is 0 Å². The molecule has 1 heterocycles. The van der Waals surface area contributed by atoms with Crippen LogP contribution in [0.2, 0.25) is 0 Å².